The number of nitrogens with two attached hydrogens (primary N) is 1. The Balaban J connectivity index is 3.02. The molecule has 1 aromatic rings. The van der Waals surface area contributed by atoms with Crippen LogP contribution >= 0.6 is 0 Å². The predicted molar refractivity (Wildman–Crippen MR) is 57.7 cm³/mol. The minimum Gasteiger partial charge on any atom is -0.398 e. The van der Waals surface area contributed by atoms with Gasteiger partial charge in [-0.1, -0.05) is 0 Å². The fraction of sp³-hybridized carbons (Fsp3) is 0.333. The Hall–Kier alpha value is -1.18. The lowest BCUT2D eigenvalue weighted by Crippen LogP contribution is -2.31. The summed E-state index contributed by atoms with van der Waals surface area (Å²) in [4.78, 5) is -0.326. The molecule has 7 heteroatoms. The molecule has 0 amide bonds. The summed E-state index contributed by atoms with van der Waals surface area (Å²) in [6, 6.07) is 3.08. The monoisotopic (exact) mass is 248 g/mol. The molecular formula is C9H13FN2O3S. The fourth-order valence-electron chi connectivity index (χ4n) is 1.05. The number of aliphatic hydroxyl groups excluding tert-OH is 1. The lowest BCUT2D eigenvalue weighted by atomic mass is 10.3. The van der Waals surface area contributed by atoms with Crippen molar-refractivity contribution < 1.29 is 17.9 Å². The Morgan fingerprint density at radius 1 is 1.56 bits per heavy atom. The summed E-state index contributed by atoms with van der Waals surface area (Å²) in [7, 11) is -3.88. The second kappa shape index (κ2) is 4.77. The van der Waals surface area contributed by atoms with E-state index >= 15 is 0 Å². The Kier molecular flexibility index (Phi) is 3.84. The summed E-state index contributed by atoms with van der Waals surface area (Å²) in [5.41, 5.74) is 5.39. The summed E-state index contributed by atoms with van der Waals surface area (Å²) < 4.78 is 38.3. The van der Waals surface area contributed by atoms with Crippen molar-refractivity contribution >= 4 is 15.7 Å². The zero-order valence-electron chi connectivity index (χ0n) is 8.64. The number of anilines is 1. The molecule has 0 spiro atoms. The number of rotatable bonds is 4. The van der Waals surface area contributed by atoms with E-state index in [1.807, 2.05) is 0 Å². The Morgan fingerprint density at radius 3 is 2.75 bits per heavy atom. The van der Waals surface area contributed by atoms with Crippen molar-refractivity contribution in [2.45, 2.75) is 17.9 Å². The number of nitrogen functional groups attached to an aromatic ring is 1. The van der Waals surface area contributed by atoms with Crippen molar-refractivity contribution in [1.82, 2.24) is 4.72 Å². The van der Waals surface area contributed by atoms with E-state index in [9.17, 15) is 12.8 Å². The average molecular weight is 248 g/mol. The first kappa shape index (κ1) is 12.9. The van der Waals surface area contributed by atoms with E-state index in [2.05, 4.69) is 4.72 Å². The molecule has 0 saturated carbocycles. The lowest BCUT2D eigenvalue weighted by Gasteiger charge is -2.10. The molecule has 1 atom stereocenters. The minimum atomic E-state index is -3.88. The number of benzene rings is 1. The summed E-state index contributed by atoms with van der Waals surface area (Å²) in [5, 5.41) is 8.95. The topological polar surface area (TPSA) is 92.4 Å². The molecule has 1 aromatic carbocycles. The smallest absolute Gasteiger partial charge is 0.242 e. The van der Waals surface area contributed by atoms with Gasteiger partial charge < -0.3 is 10.8 Å². The second-order valence-electron chi connectivity index (χ2n) is 3.38. The maximum atomic E-state index is 12.9. The van der Waals surface area contributed by atoms with Gasteiger partial charge in [0.1, 0.15) is 10.7 Å². The van der Waals surface area contributed by atoms with Crippen LogP contribution in [0.5, 0.6) is 0 Å². The van der Waals surface area contributed by atoms with Gasteiger partial charge >= 0.3 is 0 Å². The van der Waals surface area contributed by atoms with Crippen LogP contribution in [-0.2, 0) is 10.0 Å². The molecule has 0 radical (unpaired) electrons. The highest BCUT2D eigenvalue weighted by molar-refractivity contribution is 7.89. The highest BCUT2D eigenvalue weighted by atomic mass is 32.2. The summed E-state index contributed by atoms with van der Waals surface area (Å²) in [5.74, 6) is -0.688. The first-order valence-electron chi connectivity index (χ1n) is 4.55. The van der Waals surface area contributed by atoms with Crippen LogP contribution in [0.15, 0.2) is 23.1 Å². The van der Waals surface area contributed by atoms with Gasteiger partial charge in [0, 0.05) is 6.54 Å². The Labute approximate surface area is 93.1 Å². The van der Waals surface area contributed by atoms with E-state index < -0.39 is 21.9 Å². The van der Waals surface area contributed by atoms with Gasteiger partial charge in [-0.3, -0.25) is 0 Å². The van der Waals surface area contributed by atoms with Gasteiger partial charge in [-0.2, -0.15) is 0 Å². The van der Waals surface area contributed by atoms with Gasteiger partial charge in [0.15, 0.2) is 0 Å². The van der Waals surface area contributed by atoms with Gasteiger partial charge in [0.05, 0.1) is 11.8 Å². The van der Waals surface area contributed by atoms with E-state index in [1.165, 1.54) is 13.0 Å². The fourth-order valence-corrected chi connectivity index (χ4v) is 2.31. The summed E-state index contributed by atoms with van der Waals surface area (Å²) >= 11 is 0. The molecule has 5 nitrogen and oxygen atoms in total. The van der Waals surface area contributed by atoms with E-state index in [-0.39, 0.29) is 17.1 Å². The molecule has 90 valence electrons. The van der Waals surface area contributed by atoms with Crippen molar-refractivity contribution in [3.05, 3.63) is 24.0 Å². The van der Waals surface area contributed by atoms with Crippen molar-refractivity contribution in [3.8, 4) is 0 Å². The number of hydrogen-bond donors (Lipinski definition) is 3. The molecule has 0 aromatic heterocycles. The van der Waals surface area contributed by atoms with Crippen LogP contribution in [0, 0.1) is 5.82 Å². The Bertz CT molecular complexity index is 474. The minimum absolute atomic E-state index is 0.0421. The molecule has 1 unspecified atom stereocenters. The molecule has 1 rings (SSSR count). The van der Waals surface area contributed by atoms with E-state index in [4.69, 9.17) is 10.8 Å². The van der Waals surface area contributed by atoms with Gasteiger partial charge in [-0.15, -0.1) is 0 Å². The maximum absolute atomic E-state index is 12.9. The second-order valence-corrected chi connectivity index (χ2v) is 5.12. The normalized spacial score (nSPS) is 13.7. The highest BCUT2D eigenvalue weighted by Gasteiger charge is 2.18. The molecule has 0 aliphatic carbocycles. The Morgan fingerprint density at radius 2 is 2.19 bits per heavy atom. The summed E-state index contributed by atoms with van der Waals surface area (Å²) in [6.45, 7) is 1.27. The molecule has 0 fully saturated rings. The number of sulfonamides is 1. The van der Waals surface area contributed by atoms with Gasteiger partial charge in [0.2, 0.25) is 10.0 Å². The average Bonchev–Trinajstić information content (AvgIpc) is 2.19. The zero-order chi connectivity index (χ0) is 12.3. The van der Waals surface area contributed by atoms with Crippen LogP contribution in [0.25, 0.3) is 0 Å². The molecule has 0 bridgehead atoms. The SMILES string of the molecule is CC(O)CNS(=O)(=O)c1cc(F)ccc1N. The van der Waals surface area contributed by atoms with Gasteiger partial charge in [-0.25, -0.2) is 17.5 Å². The van der Waals surface area contributed by atoms with Crippen LogP contribution < -0.4 is 10.5 Å². The predicted octanol–water partition coefficient (Wildman–Crippen LogP) is 0.0670. The van der Waals surface area contributed by atoms with Crippen LogP contribution in [0.4, 0.5) is 10.1 Å². The lowest BCUT2D eigenvalue weighted by molar-refractivity contribution is 0.198. The van der Waals surface area contributed by atoms with E-state index in [1.54, 1.807) is 0 Å². The first-order chi connectivity index (χ1) is 7.33. The molecule has 16 heavy (non-hydrogen) atoms. The summed E-state index contributed by atoms with van der Waals surface area (Å²) in [6.07, 6.45) is -0.829. The highest BCUT2D eigenvalue weighted by Crippen LogP contribution is 2.18. The van der Waals surface area contributed by atoms with Gasteiger partial charge in [-0.05, 0) is 25.1 Å². The van der Waals surface area contributed by atoms with Crippen molar-refractivity contribution in [2.75, 3.05) is 12.3 Å². The third-order valence-corrected chi connectivity index (χ3v) is 3.31. The van der Waals surface area contributed by atoms with Crippen molar-refractivity contribution in [2.24, 2.45) is 0 Å². The van der Waals surface area contributed by atoms with Crippen LogP contribution in [0.3, 0.4) is 0 Å². The molecule has 0 aliphatic heterocycles. The van der Waals surface area contributed by atoms with Crippen LogP contribution in [0.1, 0.15) is 6.92 Å². The molecule has 0 heterocycles. The van der Waals surface area contributed by atoms with Crippen LogP contribution in [0.2, 0.25) is 0 Å². The number of hydrogen-bond acceptors (Lipinski definition) is 4. The standard InChI is InChI=1S/C9H13FN2O3S/c1-6(13)5-12-16(14,15)9-4-7(10)2-3-8(9)11/h2-4,6,12-13H,5,11H2,1H3. The molecule has 0 aliphatic rings. The van der Waals surface area contributed by atoms with Crippen molar-refractivity contribution in [1.29, 1.82) is 0 Å². The van der Waals surface area contributed by atoms with E-state index in [0.29, 0.717) is 0 Å². The first-order valence-corrected chi connectivity index (χ1v) is 6.04. The number of nitrogens with one attached hydrogen (secondary N) is 1. The van der Waals surface area contributed by atoms with Crippen LogP contribution in [-0.4, -0.2) is 26.2 Å². The third-order valence-electron chi connectivity index (χ3n) is 1.83. The molecule has 4 N–H and O–H groups in total. The number of aliphatic hydroxyl groups is 1. The largest absolute Gasteiger partial charge is 0.398 e. The third kappa shape index (κ3) is 3.16. The quantitative estimate of drug-likeness (QED) is 0.657. The molecule has 0 saturated heterocycles. The molecular weight excluding hydrogens is 235 g/mol. The number of halogens is 1. The zero-order valence-corrected chi connectivity index (χ0v) is 9.46. The maximum Gasteiger partial charge on any atom is 0.242 e. The van der Waals surface area contributed by atoms with E-state index in [0.717, 1.165) is 12.1 Å². The van der Waals surface area contributed by atoms with Gasteiger partial charge in [0.25, 0.3) is 0 Å². The van der Waals surface area contributed by atoms with Crippen molar-refractivity contribution in [3.63, 3.8) is 0 Å².